The number of aromatic nitrogens is 2. The lowest BCUT2D eigenvalue weighted by atomic mass is 9.84. The molecule has 0 N–H and O–H groups in total. The number of methoxy groups -OCH3 is 1. The Morgan fingerprint density at radius 1 is 0.913 bits per heavy atom. The van der Waals surface area contributed by atoms with Gasteiger partial charge in [-0.2, -0.15) is 0 Å². The minimum atomic E-state index is 0.447. The second-order valence-electron chi connectivity index (χ2n) is 7.02. The van der Waals surface area contributed by atoms with Gasteiger partial charge in [0.05, 0.1) is 12.8 Å². The van der Waals surface area contributed by atoms with E-state index in [1.54, 1.807) is 7.11 Å². The van der Waals surface area contributed by atoms with Gasteiger partial charge < -0.3 is 4.74 Å². The largest absolute Gasteiger partial charge is 0.480 e. The van der Waals surface area contributed by atoms with Crippen molar-refractivity contribution in [3.05, 3.63) is 42.0 Å². The predicted molar refractivity (Wildman–Crippen MR) is 95.7 cm³/mol. The van der Waals surface area contributed by atoms with Crippen LogP contribution in [0.3, 0.4) is 0 Å². The second-order valence-corrected chi connectivity index (χ2v) is 7.02. The topological polar surface area (TPSA) is 35.0 Å². The molecule has 2 aromatic rings. The molecule has 3 nitrogen and oxygen atoms in total. The van der Waals surface area contributed by atoms with Gasteiger partial charge in [-0.15, -0.1) is 10.2 Å². The van der Waals surface area contributed by atoms with Crippen molar-refractivity contribution in [2.24, 2.45) is 11.8 Å². The lowest BCUT2D eigenvalue weighted by Crippen LogP contribution is -2.10. The third-order valence-electron chi connectivity index (χ3n) is 4.00. The summed E-state index contributed by atoms with van der Waals surface area (Å²) >= 11 is 0. The SMILES string of the molecule is COc1nnc(-c2ccccc2)cc1C(CC(C)C)CC(C)C. The number of nitrogens with zero attached hydrogens (tertiary/aromatic N) is 2. The quantitative estimate of drug-likeness (QED) is 0.693. The molecule has 0 bridgehead atoms. The first kappa shape index (κ1) is 17.5. The number of rotatable bonds is 7. The van der Waals surface area contributed by atoms with Gasteiger partial charge in [-0.3, -0.25) is 0 Å². The fourth-order valence-corrected chi connectivity index (χ4v) is 3.08. The fraction of sp³-hybridized carbons (Fsp3) is 0.500. The van der Waals surface area contributed by atoms with E-state index in [0.717, 1.165) is 24.1 Å². The van der Waals surface area contributed by atoms with E-state index in [-0.39, 0.29) is 0 Å². The zero-order valence-corrected chi connectivity index (χ0v) is 14.9. The maximum atomic E-state index is 5.51. The zero-order chi connectivity index (χ0) is 16.8. The molecule has 0 fully saturated rings. The summed E-state index contributed by atoms with van der Waals surface area (Å²) in [5.41, 5.74) is 3.19. The third kappa shape index (κ3) is 4.78. The van der Waals surface area contributed by atoms with Crippen LogP contribution in [0.25, 0.3) is 11.3 Å². The third-order valence-corrected chi connectivity index (χ3v) is 4.00. The summed E-state index contributed by atoms with van der Waals surface area (Å²) in [5.74, 6) is 2.38. The Morgan fingerprint density at radius 2 is 1.52 bits per heavy atom. The van der Waals surface area contributed by atoms with Crippen molar-refractivity contribution in [2.45, 2.75) is 46.5 Å². The van der Waals surface area contributed by atoms with Crippen molar-refractivity contribution in [2.75, 3.05) is 7.11 Å². The molecular formula is C20H28N2O. The van der Waals surface area contributed by atoms with Gasteiger partial charge in [0.2, 0.25) is 5.88 Å². The number of benzene rings is 1. The van der Waals surface area contributed by atoms with Crippen LogP contribution in [0.1, 0.15) is 52.0 Å². The molecule has 1 heterocycles. The molecule has 0 amide bonds. The molecule has 0 radical (unpaired) electrons. The van der Waals surface area contributed by atoms with Crippen molar-refractivity contribution < 1.29 is 4.74 Å². The predicted octanol–water partition coefficient (Wildman–Crippen LogP) is 5.33. The lowest BCUT2D eigenvalue weighted by molar-refractivity contribution is 0.364. The first-order valence-corrected chi connectivity index (χ1v) is 8.48. The molecule has 1 aromatic carbocycles. The van der Waals surface area contributed by atoms with Gasteiger partial charge in [0.15, 0.2) is 0 Å². The number of ether oxygens (including phenoxy) is 1. The van der Waals surface area contributed by atoms with Gasteiger partial charge in [0, 0.05) is 11.1 Å². The average Bonchev–Trinajstić information content (AvgIpc) is 2.53. The maximum Gasteiger partial charge on any atom is 0.236 e. The van der Waals surface area contributed by atoms with Crippen molar-refractivity contribution in [3.63, 3.8) is 0 Å². The standard InChI is InChI=1S/C20H28N2O/c1-14(2)11-17(12-15(3)4)18-13-19(21-22-20(18)23-5)16-9-7-6-8-10-16/h6-10,13-15,17H,11-12H2,1-5H3. The molecule has 2 rings (SSSR count). The number of hydrogen-bond donors (Lipinski definition) is 0. The lowest BCUT2D eigenvalue weighted by Gasteiger charge is -2.23. The highest BCUT2D eigenvalue weighted by atomic mass is 16.5. The van der Waals surface area contributed by atoms with Crippen LogP contribution in [-0.2, 0) is 0 Å². The van der Waals surface area contributed by atoms with Crippen LogP contribution >= 0.6 is 0 Å². The van der Waals surface area contributed by atoms with Gasteiger partial charge in [-0.1, -0.05) is 58.0 Å². The smallest absolute Gasteiger partial charge is 0.236 e. The van der Waals surface area contributed by atoms with E-state index in [9.17, 15) is 0 Å². The van der Waals surface area contributed by atoms with Crippen LogP contribution < -0.4 is 4.74 Å². The van der Waals surface area contributed by atoms with E-state index in [4.69, 9.17) is 4.74 Å². The van der Waals surface area contributed by atoms with Crippen LogP contribution in [0.4, 0.5) is 0 Å². The molecule has 0 unspecified atom stereocenters. The minimum Gasteiger partial charge on any atom is -0.480 e. The summed E-state index contributed by atoms with van der Waals surface area (Å²) in [4.78, 5) is 0. The Balaban J connectivity index is 2.44. The van der Waals surface area contributed by atoms with Crippen LogP contribution in [0.2, 0.25) is 0 Å². The molecule has 0 saturated heterocycles. The highest BCUT2D eigenvalue weighted by Gasteiger charge is 2.21. The van der Waals surface area contributed by atoms with Crippen molar-refractivity contribution in [1.29, 1.82) is 0 Å². The van der Waals surface area contributed by atoms with E-state index in [1.165, 1.54) is 5.56 Å². The molecule has 0 aliphatic carbocycles. The summed E-state index contributed by atoms with van der Waals surface area (Å²) in [6.07, 6.45) is 2.27. The zero-order valence-electron chi connectivity index (χ0n) is 14.9. The molecule has 0 aliphatic heterocycles. The molecule has 0 atom stereocenters. The Morgan fingerprint density at radius 3 is 2.04 bits per heavy atom. The first-order valence-electron chi connectivity index (χ1n) is 8.48. The molecule has 23 heavy (non-hydrogen) atoms. The molecule has 0 saturated carbocycles. The van der Waals surface area contributed by atoms with Crippen LogP contribution in [0.15, 0.2) is 36.4 Å². The highest BCUT2D eigenvalue weighted by Crippen LogP contribution is 2.36. The van der Waals surface area contributed by atoms with Gasteiger partial charge >= 0.3 is 0 Å². The maximum absolute atomic E-state index is 5.51. The van der Waals surface area contributed by atoms with Crippen LogP contribution in [0, 0.1) is 11.8 Å². The Kier molecular flexibility index (Phi) is 6.14. The normalized spacial score (nSPS) is 11.5. The second kappa shape index (κ2) is 8.09. The minimum absolute atomic E-state index is 0.447. The fourth-order valence-electron chi connectivity index (χ4n) is 3.08. The molecule has 3 heteroatoms. The molecule has 124 valence electrons. The monoisotopic (exact) mass is 312 g/mol. The van der Waals surface area contributed by atoms with E-state index in [1.807, 2.05) is 18.2 Å². The molecular weight excluding hydrogens is 284 g/mol. The van der Waals surface area contributed by atoms with E-state index < -0.39 is 0 Å². The van der Waals surface area contributed by atoms with Gasteiger partial charge in [-0.25, -0.2) is 0 Å². The highest BCUT2D eigenvalue weighted by molar-refractivity contribution is 5.60. The summed E-state index contributed by atoms with van der Waals surface area (Å²) in [7, 11) is 1.68. The first-order chi connectivity index (χ1) is 11.0. The van der Waals surface area contributed by atoms with E-state index in [0.29, 0.717) is 23.6 Å². The van der Waals surface area contributed by atoms with Crippen LogP contribution in [-0.4, -0.2) is 17.3 Å². The molecule has 1 aromatic heterocycles. The van der Waals surface area contributed by atoms with Crippen molar-refractivity contribution >= 4 is 0 Å². The summed E-state index contributed by atoms with van der Waals surface area (Å²) in [6.45, 7) is 9.08. The average molecular weight is 312 g/mol. The Labute approximate surface area is 140 Å². The van der Waals surface area contributed by atoms with Gasteiger partial charge in [0.1, 0.15) is 0 Å². The summed E-state index contributed by atoms with van der Waals surface area (Å²) in [5, 5.41) is 8.68. The van der Waals surface area contributed by atoms with E-state index >= 15 is 0 Å². The van der Waals surface area contributed by atoms with Gasteiger partial charge in [-0.05, 0) is 36.7 Å². The van der Waals surface area contributed by atoms with Gasteiger partial charge in [0.25, 0.3) is 0 Å². The molecule has 0 aliphatic rings. The Bertz CT molecular complexity index is 598. The summed E-state index contributed by atoms with van der Waals surface area (Å²) in [6, 6.07) is 12.4. The van der Waals surface area contributed by atoms with Crippen molar-refractivity contribution in [1.82, 2.24) is 10.2 Å². The Hall–Kier alpha value is -1.90. The van der Waals surface area contributed by atoms with Crippen molar-refractivity contribution in [3.8, 4) is 17.1 Å². The number of hydrogen-bond acceptors (Lipinski definition) is 3. The molecule has 0 spiro atoms. The van der Waals surface area contributed by atoms with E-state index in [2.05, 4.69) is 56.1 Å². The van der Waals surface area contributed by atoms with Crippen LogP contribution in [0.5, 0.6) is 5.88 Å². The summed E-state index contributed by atoms with van der Waals surface area (Å²) < 4.78 is 5.51.